The van der Waals surface area contributed by atoms with E-state index in [1.807, 2.05) is 0 Å². The van der Waals surface area contributed by atoms with E-state index in [0.717, 1.165) is 0 Å². The van der Waals surface area contributed by atoms with Crippen LogP contribution in [0.25, 0.3) is 0 Å². The summed E-state index contributed by atoms with van der Waals surface area (Å²) in [5, 5.41) is 3.02. The van der Waals surface area contributed by atoms with Crippen molar-refractivity contribution in [2.24, 2.45) is 0 Å². The highest BCUT2D eigenvalue weighted by molar-refractivity contribution is 9.10. The first-order valence-electron chi connectivity index (χ1n) is 4.82. The summed E-state index contributed by atoms with van der Waals surface area (Å²) in [6, 6.07) is 6.52. The van der Waals surface area contributed by atoms with Gasteiger partial charge in [0.1, 0.15) is 16.7 Å². The minimum atomic E-state index is -0.470. The number of nitrogens with one attached hydrogen (secondary N) is 1. The van der Waals surface area contributed by atoms with Crippen molar-refractivity contribution in [2.75, 3.05) is 5.32 Å². The Morgan fingerprint density at radius 2 is 2.06 bits per heavy atom. The van der Waals surface area contributed by atoms with Crippen molar-refractivity contribution in [1.29, 1.82) is 0 Å². The van der Waals surface area contributed by atoms with Crippen LogP contribution in [0, 0.1) is 0 Å². The minimum absolute atomic E-state index is 0.0571. The van der Waals surface area contributed by atoms with Gasteiger partial charge in [-0.1, -0.05) is 23.2 Å². The van der Waals surface area contributed by atoms with E-state index in [0.29, 0.717) is 10.3 Å². The van der Waals surface area contributed by atoms with Crippen LogP contribution < -0.4 is 5.32 Å². The van der Waals surface area contributed by atoms with E-state index in [9.17, 15) is 4.79 Å². The average Bonchev–Trinajstić information content (AvgIpc) is 2.35. The number of carbonyl (C=O) groups excluding carboxylic acids is 1. The van der Waals surface area contributed by atoms with Crippen molar-refractivity contribution in [1.82, 2.24) is 9.97 Å². The van der Waals surface area contributed by atoms with Gasteiger partial charge in [-0.2, -0.15) is 0 Å². The van der Waals surface area contributed by atoms with E-state index >= 15 is 0 Å². The van der Waals surface area contributed by atoms with Crippen LogP contribution in [-0.2, 0) is 0 Å². The zero-order valence-electron chi connectivity index (χ0n) is 8.82. The highest BCUT2D eigenvalue weighted by atomic mass is 79.9. The van der Waals surface area contributed by atoms with Crippen LogP contribution in [0.5, 0.6) is 0 Å². The summed E-state index contributed by atoms with van der Waals surface area (Å²) in [5.41, 5.74) is 0.0571. The molecule has 0 bridgehead atoms. The summed E-state index contributed by atoms with van der Waals surface area (Å²) in [4.78, 5) is 19.9. The van der Waals surface area contributed by atoms with E-state index in [-0.39, 0.29) is 15.9 Å². The fraction of sp³-hybridized carbons (Fsp3) is 0. The molecule has 0 aliphatic rings. The first-order chi connectivity index (χ1) is 8.58. The number of amides is 1. The first kappa shape index (κ1) is 13.3. The SMILES string of the molecule is O=C(Nc1ncccc1Br)c1nc(Cl)ccc1Cl. The molecule has 2 rings (SSSR count). The largest absolute Gasteiger partial charge is 0.304 e. The summed E-state index contributed by atoms with van der Waals surface area (Å²) in [6.07, 6.45) is 1.56. The van der Waals surface area contributed by atoms with Crippen molar-refractivity contribution in [3.8, 4) is 0 Å². The van der Waals surface area contributed by atoms with E-state index in [1.54, 1.807) is 18.3 Å². The molecule has 1 N–H and O–H groups in total. The molecular weight excluding hydrogens is 341 g/mol. The van der Waals surface area contributed by atoms with Crippen molar-refractivity contribution in [3.63, 3.8) is 0 Å². The topological polar surface area (TPSA) is 54.9 Å². The molecule has 0 aromatic carbocycles. The van der Waals surface area contributed by atoms with Gasteiger partial charge in [0, 0.05) is 6.20 Å². The van der Waals surface area contributed by atoms with E-state index < -0.39 is 5.91 Å². The summed E-state index contributed by atoms with van der Waals surface area (Å²) >= 11 is 14.9. The molecule has 2 heterocycles. The van der Waals surface area contributed by atoms with Gasteiger partial charge in [-0.15, -0.1) is 0 Å². The number of nitrogens with zero attached hydrogens (tertiary/aromatic N) is 2. The Labute approximate surface area is 121 Å². The highest BCUT2D eigenvalue weighted by Gasteiger charge is 2.14. The number of halogens is 3. The van der Waals surface area contributed by atoms with Crippen LogP contribution in [0.1, 0.15) is 10.5 Å². The molecular formula is C11H6BrCl2N3O. The van der Waals surface area contributed by atoms with Crippen molar-refractivity contribution in [3.05, 3.63) is 50.8 Å². The maximum absolute atomic E-state index is 12.0. The molecule has 7 heteroatoms. The molecule has 92 valence electrons. The number of pyridine rings is 2. The third-order valence-corrected chi connectivity index (χ3v) is 3.17. The molecule has 0 saturated heterocycles. The third kappa shape index (κ3) is 2.98. The Morgan fingerprint density at radius 3 is 2.78 bits per heavy atom. The van der Waals surface area contributed by atoms with E-state index in [4.69, 9.17) is 23.2 Å². The first-order valence-corrected chi connectivity index (χ1v) is 6.37. The Bertz CT molecular complexity index is 607. The molecule has 0 unspecified atom stereocenters. The predicted octanol–water partition coefficient (Wildman–Crippen LogP) is 3.80. The van der Waals surface area contributed by atoms with Gasteiger partial charge >= 0.3 is 0 Å². The molecule has 0 aliphatic heterocycles. The van der Waals surface area contributed by atoms with Crippen LogP contribution in [0.4, 0.5) is 5.82 Å². The van der Waals surface area contributed by atoms with Crippen LogP contribution in [0.2, 0.25) is 10.2 Å². The smallest absolute Gasteiger partial charge is 0.277 e. The lowest BCUT2D eigenvalue weighted by Crippen LogP contribution is -2.15. The lowest BCUT2D eigenvalue weighted by molar-refractivity contribution is 0.102. The number of hydrogen-bond donors (Lipinski definition) is 1. The Hall–Kier alpha value is -1.17. The van der Waals surface area contributed by atoms with Crippen LogP contribution in [-0.4, -0.2) is 15.9 Å². The zero-order chi connectivity index (χ0) is 13.1. The zero-order valence-corrected chi connectivity index (χ0v) is 11.9. The van der Waals surface area contributed by atoms with Crippen molar-refractivity contribution in [2.45, 2.75) is 0 Å². The standard InChI is InChI=1S/C11H6BrCl2N3O/c12-6-2-1-5-15-10(6)17-11(18)9-7(13)3-4-8(14)16-9/h1-5H,(H,15,17,18). The molecule has 0 saturated carbocycles. The molecule has 0 fully saturated rings. The molecule has 2 aromatic heterocycles. The third-order valence-electron chi connectivity index (χ3n) is 2.02. The molecule has 0 atom stereocenters. The van der Waals surface area contributed by atoms with Crippen molar-refractivity contribution >= 4 is 50.9 Å². The predicted molar refractivity (Wildman–Crippen MR) is 74.1 cm³/mol. The van der Waals surface area contributed by atoms with Crippen LogP contribution >= 0.6 is 39.1 Å². The second-order valence-corrected chi connectivity index (χ2v) is 4.90. The summed E-state index contributed by atoms with van der Waals surface area (Å²) in [6.45, 7) is 0. The van der Waals surface area contributed by atoms with Crippen LogP contribution in [0.15, 0.2) is 34.9 Å². The average molecular weight is 347 g/mol. The summed E-state index contributed by atoms with van der Waals surface area (Å²) in [7, 11) is 0. The molecule has 0 spiro atoms. The van der Waals surface area contributed by atoms with Gasteiger partial charge in [0.05, 0.1) is 9.50 Å². The monoisotopic (exact) mass is 345 g/mol. The van der Waals surface area contributed by atoms with Crippen LogP contribution in [0.3, 0.4) is 0 Å². The molecule has 18 heavy (non-hydrogen) atoms. The lowest BCUT2D eigenvalue weighted by atomic mass is 10.3. The number of anilines is 1. The van der Waals surface area contributed by atoms with Gasteiger partial charge in [-0.3, -0.25) is 4.79 Å². The summed E-state index contributed by atoms with van der Waals surface area (Å²) in [5.74, 6) is -0.0813. The van der Waals surface area contributed by atoms with Gasteiger partial charge in [0.15, 0.2) is 0 Å². The minimum Gasteiger partial charge on any atom is -0.304 e. The molecule has 1 amide bonds. The Morgan fingerprint density at radius 1 is 1.28 bits per heavy atom. The Kier molecular flexibility index (Phi) is 4.16. The van der Waals surface area contributed by atoms with Gasteiger partial charge in [-0.25, -0.2) is 9.97 Å². The maximum Gasteiger partial charge on any atom is 0.277 e. The maximum atomic E-state index is 12.0. The van der Waals surface area contributed by atoms with Crippen molar-refractivity contribution < 1.29 is 4.79 Å². The van der Waals surface area contributed by atoms with E-state index in [2.05, 4.69) is 31.2 Å². The van der Waals surface area contributed by atoms with Gasteiger partial charge in [0.2, 0.25) is 0 Å². The fourth-order valence-electron chi connectivity index (χ4n) is 1.22. The second-order valence-electron chi connectivity index (χ2n) is 3.25. The lowest BCUT2D eigenvalue weighted by Gasteiger charge is -2.06. The number of aromatic nitrogens is 2. The van der Waals surface area contributed by atoms with Gasteiger partial charge in [0.25, 0.3) is 5.91 Å². The van der Waals surface area contributed by atoms with Gasteiger partial charge in [-0.05, 0) is 40.2 Å². The highest BCUT2D eigenvalue weighted by Crippen LogP contribution is 2.21. The molecule has 0 aliphatic carbocycles. The van der Waals surface area contributed by atoms with E-state index in [1.165, 1.54) is 12.1 Å². The summed E-state index contributed by atoms with van der Waals surface area (Å²) < 4.78 is 0.663. The normalized spacial score (nSPS) is 10.2. The molecule has 2 aromatic rings. The van der Waals surface area contributed by atoms with Gasteiger partial charge < -0.3 is 5.32 Å². The molecule has 0 radical (unpaired) electrons. The number of rotatable bonds is 2. The Balaban J connectivity index is 2.28. The quantitative estimate of drug-likeness (QED) is 0.841. The molecule has 4 nitrogen and oxygen atoms in total. The number of carbonyl (C=O) groups is 1. The second kappa shape index (κ2) is 5.65. The fourth-order valence-corrected chi connectivity index (χ4v) is 1.91. The number of hydrogen-bond acceptors (Lipinski definition) is 3.